The lowest BCUT2D eigenvalue weighted by Gasteiger charge is -2.26. The van der Waals surface area contributed by atoms with Crippen molar-refractivity contribution in [1.29, 1.82) is 0 Å². The maximum Gasteiger partial charge on any atom is 0.255 e. The minimum Gasteiger partial charge on any atom is -0.378 e. The Morgan fingerprint density at radius 1 is 0.966 bits per heavy atom. The molecule has 0 radical (unpaired) electrons. The lowest BCUT2D eigenvalue weighted by molar-refractivity contribution is 0.0303. The van der Waals surface area contributed by atoms with E-state index in [1.54, 1.807) is 61.5 Å². The average molecular weight is 395 g/mol. The summed E-state index contributed by atoms with van der Waals surface area (Å²) < 4.78 is 5.27. The van der Waals surface area contributed by atoms with Crippen LogP contribution in [0.25, 0.3) is 0 Å². The minimum atomic E-state index is -0.303. The van der Waals surface area contributed by atoms with Crippen molar-refractivity contribution in [2.45, 2.75) is 6.92 Å². The molecule has 0 saturated carbocycles. The summed E-state index contributed by atoms with van der Waals surface area (Å²) in [4.78, 5) is 40.6. The molecular formula is C22H25N3O4. The predicted molar refractivity (Wildman–Crippen MR) is 110 cm³/mol. The first-order valence-electron chi connectivity index (χ1n) is 9.47. The van der Waals surface area contributed by atoms with Crippen LogP contribution in [0.15, 0.2) is 42.5 Å². The number of nitrogens with zero attached hydrogens (tertiary/aromatic N) is 2. The van der Waals surface area contributed by atoms with E-state index in [0.29, 0.717) is 48.7 Å². The zero-order valence-corrected chi connectivity index (χ0v) is 16.9. The number of morpholine rings is 1. The second-order valence-electron chi connectivity index (χ2n) is 7.17. The summed E-state index contributed by atoms with van der Waals surface area (Å²) >= 11 is 0. The number of nitrogens with one attached hydrogen (secondary N) is 1. The van der Waals surface area contributed by atoms with Gasteiger partial charge in [-0.3, -0.25) is 14.4 Å². The number of carbonyl (C=O) groups is 3. The van der Waals surface area contributed by atoms with Gasteiger partial charge in [0.2, 0.25) is 0 Å². The summed E-state index contributed by atoms with van der Waals surface area (Å²) in [7, 11) is 3.37. The van der Waals surface area contributed by atoms with E-state index in [1.807, 2.05) is 6.92 Å². The van der Waals surface area contributed by atoms with E-state index in [-0.39, 0.29) is 17.7 Å². The normalized spacial score (nSPS) is 13.7. The largest absolute Gasteiger partial charge is 0.378 e. The van der Waals surface area contributed by atoms with Crippen LogP contribution in [0.5, 0.6) is 0 Å². The third-order valence-electron chi connectivity index (χ3n) is 4.82. The molecule has 1 saturated heterocycles. The molecule has 0 spiro atoms. The topological polar surface area (TPSA) is 79.0 Å². The number of benzene rings is 2. The Hall–Kier alpha value is -3.19. The van der Waals surface area contributed by atoms with Crippen molar-refractivity contribution in [2.75, 3.05) is 45.7 Å². The molecule has 0 atom stereocenters. The number of amides is 3. The van der Waals surface area contributed by atoms with E-state index >= 15 is 0 Å². The molecule has 0 bridgehead atoms. The van der Waals surface area contributed by atoms with Gasteiger partial charge < -0.3 is 19.9 Å². The van der Waals surface area contributed by atoms with Gasteiger partial charge >= 0.3 is 0 Å². The summed E-state index contributed by atoms with van der Waals surface area (Å²) in [6, 6.07) is 11.8. The van der Waals surface area contributed by atoms with Gasteiger partial charge in [-0.25, -0.2) is 0 Å². The highest BCUT2D eigenvalue weighted by molar-refractivity contribution is 6.06. The van der Waals surface area contributed by atoms with Crippen molar-refractivity contribution in [1.82, 2.24) is 9.80 Å². The number of rotatable bonds is 4. The van der Waals surface area contributed by atoms with Crippen LogP contribution in [0.1, 0.15) is 36.6 Å². The molecule has 1 fully saturated rings. The molecule has 2 aromatic rings. The molecule has 0 unspecified atom stereocenters. The Morgan fingerprint density at radius 2 is 1.59 bits per heavy atom. The highest BCUT2D eigenvalue weighted by atomic mass is 16.5. The molecule has 1 N–H and O–H groups in total. The quantitative estimate of drug-likeness (QED) is 0.862. The van der Waals surface area contributed by atoms with Crippen molar-refractivity contribution >= 4 is 23.4 Å². The van der Waals surface area contributed by atoms with Crippen LogP contribution < -0.4 is 5.32 Å². The fraction of sp³-hybridized carbons (Fsp3) is 0.318. The second-order valence-corrected chi connectivity index (χ2v) is 7.17. The van der Waals surface area contributed by atoms with Gasteiger partial charge in [0.25, 0.3) is 17.7 Å². The summed E-state index contributed by atoms with van der Waals surface area (Å²) in [5.74, 6) is -0.488. The fourth-order valence-electron chi connectivity index (χ4n) is 3.09. The zero-order chi connectivity index (χ0) is 21.0. The Morgan fingerprint density at radius 3 is 2.21 bits per heavy atom. The highest BCUT2D eigenvalue weighted by Crippen LogP contribution is 2.18. The first kappa shape index (κ1) is 20.5. The molecule has 0 aliphatic carbocycles. The first-order chi connectivity index (χ1) is 13.9. The number of carbonyl (C=O) groups excluding carboxylic acids is 3. The number of hydrogen-bond acceptors (Lipinski definition) is 4. The van der Waals surface area contributed by atoms with E-state index in [0.717, 1.165) is 5.56 Å². The van der Waals surface area contributed by atoms with Crippen LogP contribution in [-0.2, 0) is 4.74 Å². The molecule has 3 rings (SSSR count). The van der Waals surface area contributed by atoms with Crippen molar-refractivity contribution in [2.24, 2.45) is 0 Å². The van der Waals surface area contributed by atoms with Crippen LogP contribution in [0.3, 0.4) is 0 Å². The van der Waals surface area contributed by atoms with Gasteiger partial charge in [-0.1, -0.05) is 6.07 Å². The van der Waals surface area contributed by atoms with Crippen LogP contribution in [0.4, 0.5) is 5.69 Å². The van der Waals surface area contributed by atoms with E-state index < -0.39 is 0 Å². The van der Waals surface area contributed by atoms with Crippen molar-refractivity contribution in [3.8, 4) is 0 Å². The lowest BCUT2D eigenvalue weighted by Crippen LogP contribution is -2.40. The van der Waals surface area contributed by atoms with Crippen LogP contribution >= 0.6 is 0 Å². The third-order valence-corrected chi connectivity index (χ3v) is 4.82. The van der Waals surface area contributed by atoms with Gasteiger partial charge in [-0.15, -0.1) is 0 Å². The highest BCUT2D eigenvalue weighted by Gasteiger charge is 2.19. The van der Waals surface area contributed by atoms with Gasteiger partial charge in [0.05, 0.1) is 13.2 Å². The molecule has 7 heteroatoms. The molecule has 0 aromatic heterocycles. The zero-order valence-electron chi connectivity index (χ0n) is 16.9. The van der Waals surface area contributed by atoms with Crippen molar-refractivity contribution in [3.05, 3.63) is 64.7 Å². The monoisotopic (exact) mass is 395 g/mol. The Labute approximate surface area is 170 Å². The molecule has 2 aromatic carbocycles. The maximum atomic E-state index is 12.6. The van der Waals surface area contributed by atoms with Crippen molar-refractivity contribution < 1.29 is 19.1 Å². The summed E-state index contributed by atoms with van der Waals surface area (Å²) in [5.41, 5.74) is 2.90. The minimum absolute atomic E-state index is 0.0642. The number of hydrogen-bond donors (Lipinski definition) is 1. The van der Waals surface area contributed by atoms with E-state index in [1.165, 1.54) is 4.90 Å². The van der Waals surface area contributed by atoms with Crippen LogP contribution in [0, 0.1) is 6.92 Å². The van der Waals surface area contributed by atoms with Crippen LogP contribution in [-0.4, -0.2) is 67.9 Å². The summed E-state index contributed by atoms with van der Waals surface area (Å²) in [6.45, 7) is 4.08. The molecular weight excluding hydrogens is 370 g/mol. The Kier molecular flexibility index (Phi) is 6.29. The van der Waals surface area contributed by atoms with Gasteiger partial charge in [0.15, 0.2) is 0 Å². The van der Waals surface area contributed by atoms with Gasteiger partial charge in [0.1, 0.15) is 0 Å². The third kappa shape index (κ3) is 4.81. The molecule has 1 aliphatic rings. The molecule has 152 valence electrons. The Balaban J connectivity index is 1.70. The van der Waals surface area contributed by atoms with Gasteiger partial charge in [-0.2, -0.15) is 0 Å². The molecule has 1 heterocycles. The number of anilines is 1. The van der Waals surface area contributed by atoms with E-state index in [2.05, 4.69) is 5.32 Å². The molecule has 3 amide bonds. The smallest absolute Gasteiger partial charge is 0.255 e. The standard InChI is InChI=1S/C22H25N3O4/c1-15-4-9-18(14-19(15)22(28)24(2)3)23-20(26)16-5-7-17(8-6-16)21(27)25-10-12-29-13-11-25/h4-9,14H,10-13H2,1-3H3,(H,23,26). The van der Waals surface area contributed by atoms with Gasteiger partial charge in [0, 0.05) is 49.6 Å². The second kappa shape index (κ2) is 8.87. The maximum absolute atomic E-state index is 12.6. The lowest BCUT2D eigenvalue weighted by atomic mass is 10.1. The van der Waals surface area contributed by atoms with Gasteiger partial charge in [-0.05, 0) is 48.9 Å². The molecule has 29 heavy (non-hydrogen) atoms. The van der Waals surface area contributed by atoms with Crippen molar-refractivity contribution in [3.63, 3.8) is 0 Å². The molecule has 7 nitrogen and oxygen atoms in total. The SMILES string of the molecule is Cc1ccc(NC(=O)c2ccc(C(=O)N3CCOCC3)cc2)cc1C(=O)N(C)C. The number of aryl methyl sites for hydroxylation is 1. The van der Waals surface area contributed by atoms with E-state index in [9.17, 15) is 14.4 Å². The summed E-state index contributed by atoms with van der Waals surface area (Å²) in [5, 5.41) is 2.81. The number of ether oxygens (including phenoxy) is 1. The average Bonchev–Trinajstić information content (AvgIpc) is 2.74. The fourth-order valence-corrected chi connectivity index (χ4v) is 3.09. The molecule has 1 aliphatic heterocycles. The van der Waals surface area contributed by atoms with Crippen LogP contribution in [0.2, 0.25) is 0 Å². The summed E-state index contributed by atoms with van der Waals surface area (Å²) in [6.07, 6.45) is 0. The Bertz CT molecular complexity index is 916. The predicted octanol–water partition coefficient (Wildman–Crippen LogP) is 2.42. The first-order valence-corrected chi connectivity index (χ1v) is 9.47. The van der Waals surface area contributed by atoms with E-state index in [4.69, 9.17) is 4.74 Å².